The minimum atomic E-state index is -0.176. The molecule has 0 bridgehead atoms. The van der Waals surface area contributed by atoms with Crippen LogP contribution in [0.1, 0.15) is 23.1 Å². The first kappa shape index (κ1) is 17.2. The molecule has 0 saturated heterocycles. The first-order chi connectivity index (χ1) is 11.2. The standard InChI is InChI=1S/C19H23FN2O/c1-15-6-2-3-8-17(15)14-22-19(23)11-13-21-12-10-16-7-4-5-9-18(16)20/h2-9,21H,10-14H2,1H3,(H,22,23). The molecule has 0 aliphatic heterocycles. The van der Waals surface area contributed by atoms with E-state index in [1.165, 1.54) is 11.6 Å². The molecule has 4 heteroatoms. The predicted octanol–water partition coefficient (Wildman–Crippen LogP) is 2.97. The first-order valence-electron chi connectivity index (χ1n) is 7.92. The zero-order valence-electron chi connectivity index (χ0n) is 13.4. The average Bonchev–Trinajstić information content (AvgIpc) is 2.55. The van der Waals surface area contributed by atoms with Crippen LogP contribution in [0.3, 0.4) is 0 Å². The number of hydrogen-bond acceptors (Lipinski definition) is 2. The van der Waals surface area contributed by atoms with Gasteiger partial charge in [-0.1, -0.05) is 42.5 Å². The van der Waals surface area contributed by atoms with Crippen molar-refractivity contribution in [2.24, 2.45) is 0 Å². The molecule has 2 aromatic rings. The van der Waals surface area contributed by atoms with E-state index in [0.29, 0.717) is 38.0 Å². The summed E-state index contributed by atoms with van der Waals surface area (Å²) < 4.78 is 13.4. The first-order valence-corrected chi connectivity index (χ1v) is 7.92. The highest BCUT2D eigenvalue weighted by Gasteiger charge is 2.03. The quantitative estimate of drug-likeness (QED) is 0.736. The highest BCUT2D eigenvalue weighted by atomic mass is 19.1. The van der Waals surface area contributed by atoms with Crippen molar-refractivity contribution in [2.45, 2.75) is 26.3 Å². The van der Waals surface area contributed by atoms with Gasteiger partial charge in [0.2, 0.25) is 5.91 Å². The van der Waals surface area contributed by atoms with Crippen molar-refractivity contribution in [1.82, 2.24) is 10.6 Å². The summed E-state index contributed by atoms with van der Waals surface area (Å²) in [6.07, 6.45) is 1.04. The molecule has 0 saturated carbocycles. The molecule has 2 aromatic carbocycles. The van der Waals surface area contributed by atoms with Gasteiger partial charge in [0.25, 0.3) is 0 Å². The van der Waals surface area contributed by atoms with E-state index in [-0.39, 0.29) is 11.7 Å². The summed E-state index contributed by atoms with van der Waals surface area (Å²) in [6.45, 7) is 3.84. The van der Waals surface area contributed by atoms with Crippen LogP contribution >= 0.6 is 0 Å². The van der Waals surface area contributed by atoms with Gasteiger partial charge < -0.3 is 10.6 Å². The molecule has 0 spiro atoms. The van der Waals surface area contributed by atoms with Crippen LogP contribution in [0.4, 0.5) is 4.39 Å². The number of hydrogen-bond donors (Lipinski definition) is 2. The summed E-state index contributed by atoms with van der Waals surface area (Å²) in [5.74, 6) is -0.156. The van der Waals surface area contributed by atoms with Crippen molar-refractivity contribution in [3.63, 3.8) is 0 Å². The van der Waals surface area contributed by atoms with Gasteiger partial charge in [0.05, 0.1) is 0 Å². The predicted molar refractivity (Wildman–Crippen MR) is 90.6 cm³/mol. The van der Waals surface area contributed by atoms with E-state index in [2.05, 4.69) is 10.6 Å². The Morgan fingerprint density at radius 1 is 1.00 bits per heavy atom. The average molecular weight is 314 g/mol. The molecule has 0 atom stereocenters. The summed E-state index contributed by atoms with van der Waals surface area (Å²) in [6, 6.07) is 14.8. The number of nitrogens with one attached hydrogen (secondary N) is 2. The Bertz CT molecular complexity index is 643. The van der Waals surface area contributed by atoms with Crippen LogP contribution in [0.5, 0.6) is 0 Å². The smallest absolute Gasteiger partial charge is 0.221 e. The second-order valence-electron chi connectivity index (χ2n) is 5.54. The maximum atomic E-state index is 13.4. The Kier molecular flexibility index (Phi) is 6.76. The second kappa shape index (κ2) is 9.06. The van der Waals surface area contributed by atoms with Gasteiger partial charge in [0, 0.05) is 19.5 Å². The Morgan fingerprint density at radius 3 is 2.43 bits per heavy atom. The van der Waals surface area contributed by atoms with Crippen molar-refractivity contribution in [3.05, 3.63) is 71.0 Å². The lowest BCUT2D eigenvalue weighted by atomic mass is 10.1. The van der Waals surface area contributed by atoms with Crippen LogP contribution in [0.15, 0.2) is 48.5 Å². The molecule has 2 N–H and O–H groups in total. The number of amides is 1. The van der Waals surface area contributed by atoms with Crippen molar-refractivity contribution >= 4 is 5.91 Å². The fourth-order valence-corrected chi connectivity index (χ4v) is 2.34. The normalized spacial score (nSPS) is 10.5. The van der Waals surface area contributed by atoms with Gasteiger partial charge in [-0.05, 0) is 42.6 Å². The lowest BCUT2D eigenvalue weighted by Crippen LogP contribution is -2.28. The molecular formula is C19H23FN2O. The van der Waals surface area contributed by atoms with Crippen LogP contribution < -0.4 is 10.6 Å². The van der Waals surface area contributed by atoms with Crippen LogP contribution in [0, 0.1) is 12.7 Å². The fraction of sp³-hybridized carbons (Fsp3) is 0.316. The minimum absolute atomic E-state index is 0.0200. The lowest BCUT2D eigenvalue weighted by Gasteiger charge is -2.09. The summed E-state index contributed by atoms with van der Waals surface area (Å²) in [5.41, 5.74) is 3.01. The zero-order chi connectivity index (χ0) is 16.5. The van der Waals surface area contributed by atoms with Gasteiger partial charge in [-0.25, -0.2) is 4.39 Å². The van der Waals surface area contributed by atoms with Crippen LogP contribution in [-0.4, -0.2) is 19.0 Å². The van der Waals surface area contributed by atoms with E-state index in [0.717, 1.165) is 5.56 Å². The summed E-state index contributed by atoms with van der Waals surface area (Å²) in [4.78, 5) is 11.8. The largest absolute Gasteiger partial charge is 0.352 e. The Morgan fingerprint density at radius 2 is 1.70 bits per heavy atom. The SMILES string of the molecule is Cc1ccccc1CNC(=O)CCNCCc1ccccc1F. The summed E-state index contributed by atoms with van der Waals surface area (Å²) in [7, 11) is 0. The highest BCUT2D eigenvalue weighted by molar-refractivity contribution is 5.76. The molecule has 0 aliphatic carbocycles. The van der Waals surface area contributed by atoms with Gasteiger partial charge in [0.15, 0.2) is 0 Å². The lowest BCUT2D eigenvalue weighted by molar-refractivity contribution is -0.121. The van der Waals surface area contributed by atoms with Crippen LogP contribution in [0.25, 0.3) is 0 Å². The topological polar surface area (TPSA) is 41.1 Å². The molecule has 2 rings (SSSR count). The molecule has 23 heavy (non-hydrogen) atoms. The van der Waals surface area contributed by atoms with E-state index in [1.807, 2.05) is 37.3 Å². The van der Waals surface area contributed by atoms with E-state index in [9.17, 15) is 9.18 Å². The van der Waals surface area contributed by atoms with Crippen LogP contribution in [-0.2, 0) is 17.8 Å². The summed E-state index contributed by atoms with van der Waals surface area (Å²) in [5, 5.41) is 6.09. The van der Waals surface area contributed by atoms with Crippen molar-refractivity contribution < 1.29 is 9.18 Å². The molecule has 0 fully saturated rings. The van der Waals surface area contributed by atoms with Crippen molar-refractivity contribution in [2.75, 3.05) is 13.1 Å². The molecule has 0 unspecified atom stereocenters. The van der Waals surface area contributed by atoms with Gasteiger partial charge in [-0.2, -0.15) is 0 Å². The molecular weight excluding hydrogens is 291 g/mol. The van der Waals surface area contributed by atoms with E-state index in [1.54, 1.807) is 12.1 Å². The molecule has 0 aliphatic rings. The fourth-order valence-electron chi connectivity index (χ4n) is 2.34. The molecule has 1 amide bonds. The Hall–Kier alpha value is -2.20. The number of carbonyl (C=O) groups excluding carboxylic acids is 1. The molecule has 0 aromatic heterocycles. The molecule has 122 valence electrons. The van der Waals surface area contributed by atoms with Crippen molar-refractivity contribution in [3.8, 4) is 0 Å². The van der Waals surface area contributed by atoms with E-state index < -0.39 is 0 Å². The number of aryl methyl sites for hydroxylation is 1. The highest BCUT2D eigenvalue weighted by Crippen LogP contribution is 2.07. The third-order valence-corrected chi connectivity index (χ3v) is 3.80. The number of halogens is 1. The van der Waals surface area contributed by atoms with Crippen LogP contribution in [0.2, 0.25) is 0 Å². The molecule has 0 radical (unpaired) electrons. The summed E-state index contributed by atoms with van der Waals surface area (Å²) >= 11 is 0. The Labute approximate surface area is 136 Å². The number of rotatable bonds is 8. The minimum Gasteiger partial charge on any atom is -0.352 e. The molecule has 0 heterocycles. The van der Waals surface area contributed by atoms with E-state index >= 15 is 0 Å². The maximum Gasteiger partial charge on any atom is 0.221 e. The Balaban J connectivity index is 1.60. The van der Waals surface area contributed by atoms with E-state index in [4.69, 9.17) is 0 Å². The van der Waals surface area contributed by atoms with Gasteiger partial charge in [-0.3, -0.25) is 4.79 Å². The van der Waals surface area contributed by atoms with Gasteiger partial charge >= 0.3 is 0 Å². The second-order valence-corrected chi connectivity index (χ2v) is 5.54. The number of benzene rings is 2. The van der Waals surface area contributed by atoms with Gasteiger partial charge in [0.1, 0.15) is 5.82 Å². The maximum absolute atomic E-state index is 13.4. The number of carbonyl (C=O) groups is 1. The van der Waals surface area contributed by atoms with Gasteiger partial charge in [-0.15, -0.1) is 0 Å². The monoisotopic (exact) mass is 314 g/mol. The molecule has 3 nitrogen and oxygen atoms in total. The zero-order valence-corrected chi connectivity index (χ0v) is 13.4. The van der Waals surface area contributed by atoms with Crippen molar-refractivity contribution in [1.29, 1.82) is 0 Å². The third-order valence-electron chi connectivity index (χ3n) is 3.80. The third kappa shape index (κ3) is 5.83.